The Bertz CT molecular complexity index is 670. The minimum atomic E-state index is 0.698. The lowest BCUT2D eigenvalue weighted by molar-refractivity contribution is 0.557. The van der Waals surface area contributed by atoms with Crippen LogP contribution in [-0.4, -0.2) is 14.6 Å². The highest BCUT2D eigenvalue weighted by Gasteiger charge is 2.03. The van der Waals surface area contributed by atoms with Gasteiger partial charge in [-0.1, -0.05) is 12.2 Å². The molecule has 4 nitrogen and oxygen atoms in total. The van der Waals surface area contributed by atoms with Crippen LogP contribution in [0.15, 0.2) is 35.4 Å². The normalized spacial score (nSPS) is 11.1. The Labute approximate surface area is 83.8 Å². The molecule has 0 aromatic carbocycles. The molecule has 0 saturated heterocycles. The molecule has 0 spiro atoms. The number of hydrogen-bond donors (Lipinski definition) is 0. The van der Waals surface area contributed by atoms with Crippen molar-refractivity contribution in [3.8, 4) is 0 Å². The first-order chi connectivity index (χ1) is 6.86. The van der Waals surface area contributed by atoms with Gasteiger partial charge in [0.1, 0.15) is 17.2 Å². The van der Waals surface area contributed by atoms with E-state index in [4.69, 9.17) is 16.6 Å². The number of fused-ring (bicyclic) bond motifs is 3. The molecular formula is C9H5N3OS. The quantitative estimate of drug-likeness (QED) is 0.525. The Hall–Kier alpha value is -1.75. The van der Waals surface area contributed by atoms with E-state index in [0.29, 0.717) is 4.64 Å². The van der Waals surface area contributed by atoms with Crippen molar-refractivity contribution in [1.82, 2.24) is 14.6 Å². The molecule has 68 valence electrons. The van der Waals surface area contributed by atoms with E-state index in [1.165, 1.54) is 0 Å². The van der Waals surface area contributed by atoms with Gasteiger partial charge in [-0.05, 0) is 17.5 Å². The highest BCUT2D eigenvalue weighted by molar-refractivity contribution is 7.71. The summed E-state index contributed by atoms with van der Waals surface area (Å²) in [4.78, 5) is 0. The van der Waals surface area contributed by atoms with Gasteiger partial charge in [0.2, 0.25) is 0 Å². The van der Waals surface area contributed by atoms with E-state index in [1.54, 1.807) is 23.3 Å². The number of pyridine rings is 1. The molecule has 0 unspecified atom stereocenters. The summed E-state index contributed by atoms with van der Waals surface area (Å²) in [6.07, 6.45) is 4.86. The standard InChI is InChI=1S/C9H5N3OS/c14-8-3-6-1-2-13-4-7(6)9-11-10-5-12(8)9/h1-5H. The molecule has 0 amide bonds. The average Bonchev–Trinajstić information content (AvgIpc) is 2.67. The van der Waals surface area contributed by atoms with E-state index in [1.807, 2.05) is 12.1 Å². The summed E-state index contributed by atoms with van der Waals surface area (Å²) in [7, 11) is 0. The molecule has 3 heterocycles. The highest BCUT2D eigenvalue weighted by atomic mass is 32.1. The smallest absolute Gasteiger partial charge is 0.172 e. The SMILES string of the molecule is S=c1cc2ccocc2c2nncn12. The molecule has 3 rings (SSSR count). The third-order valence-corrected chi connectivity index (χ3v) is 2.44. The first-order valence-corrected chi connectivity index (χ1v) is 4.46. The summed E-state index contributed by atoms with van der Waals surface area (Å²) in [6, 6.07) is 3.76. The van der Waals surface area contributed by atoms with E-state index < -0.39 is 0 Å². The maximum Gasteiger partial charge on any atom is 0.172 e. The second kappa shape index (κ2) is 2.62. The van der Waals surface area contributed by atoms with Crippen LogP contribution < -0.4 is 0 Å². The van der Waals surface area contributed by atoms with Gasteiger partial charge in [-0.2, -0.15) is 0 Å². The van der Waals surface area contributed by atoms with Gasteiger partial charge in [-0.15, -0.1) is 10.2 Å². The fourth-order valence-corrected chi connectivity index (χ4v) is 1.73. The number of rotatable bonds is 0. The largest absolute Gasteiger partial charge is 0.472 e. The summed E-state index contributed by atoms with van der Waals surface area (Å²) in [5.41, 5.74) is 0.733. The van der Waals surface area contributed by atoms with Crippen LogP contribution in [0.25, 0.3) is 16.4 Å². The molecule has 0 aliphatic carbocycles. The van der Waals surface area contributed by atoms with Crippen molar-refractivity contribution in [2.75, 3.05) is 0 Å². The summed E-state index contributed by atoms with van der Waals surface area (Å²) in [5.74, 6) is 0. The Morgan fingerprint density at radius 3 is 3.29 bits per heavy atom. The third-order valence-electron chi connectivity index (χ3n) is 2.13. The van der Waals surface area contributed by atoms with E-state index in [2.05, 4.69) is 10.2 Å². The second-order valence-electron chi connectivity index (χ2n) is 2.93. The zero-order valence-electron chi connectivity index (χ0n) is 7.04. The van der Waals surface area contributed by atoms with Crippen LogP contribution in [-0.2, 0) is 0 Å². The minimum absolute atomic E-state index is 0.698. The van der Waals surface area contributed by atoms with E-state index in [0.717, 1.165) is 16.4 Å². The third kappa shape index (κ3) is 0.898. The monoisotopic (exact) mass is 203 g/mol. The van der Waals surface area contributed by atoms with Crippen LogP contribution in [0.5, 0.6) is 0 Å². The first-order valence-electron chi connectivity index (χ1n) is 4.05. The van der Waals surface area contributed by atoms with Crippen LogP contribution in [0.3, 0.4) is 0 Å². The summed E-state index contributed by atoms with van der Waals surface area (Å²) in [5, 5.41) is 9.74. The zero-order chi connectivity index (χ0) is 9.54. The van der Waals surface area contributed by atoms with Gasteiger partial charge in [0.05, 0.1) is 11.6 Å². The van der Waals surface area contributed by atoms with E-state index in [-0.39, 0.29) is 0 Å². The lowest BCUT2D eigenvalue weighted by Gasteiger charge is -1.97. The summed E-state index contributed by atoms with van der Waals surface area (Å²) in [6.45, 7) is 0. The van der Waals surface area contributed by atoms with Crippen molar-refractivity contribution in [2.45, 2.75) is 0 Å². The lowest BCUT2D eigenvalue weighted by Crippen LogP contribution is -1.86. The maximum absolute atomic E-state index is 5.19. The van der Waals surface area contributed by atoms with Crippen LogP contribution in [0, 0.1) is 4.64 Å². The van der Waals surface area contributed by atoms with Crippen LogP contribution in [0.1, 0.15) is 0 Å². The molecular weight excluding hydrogens is 198 g/mol. The molecule has 0 aliphatic heterocycles. The molecule has 0 atom stereocenters. The van der Waals surface area contributed by atoms with Gasteiger partial charge in [-0.25, -0.2) is 0 Å². The van der Waals surface area contributed by atoms with Gasteiger partial charge in [0.15, 0.2) is 5.65 Å². The maximum atomic E-state index is 5.19. The van der Waals surface area contributed by atoms with Crippen LogP contribution in [0.4, 0.5) is 0 Å². The van der Waals surface area contributed by atoms with Crippen LogP contribution in [0.2, 0.25) is 0 Å². The molecule has 3 aromatic heterocycles. The molecule has 0 saturated carbocycles. The fraction of sp³-hybridized carbons (Fsp3) is 0. The lowest BCUT2D eigenvalue weighted by atomic mass is 10.2. The van der Waals surface area contributed by atoms with Crippen LogP contribution >= 0.6 is 12.2 Å². The zero-order valence-corrected chi connectivity index (χ0v) is 7.86. The number of hydrogen-bond acceptors (Lipinski definition) is 4. The molecule has 14 heavy (non-hydrogen) atoms. The van der Waals surface area contributed by atoms with Crippen molar-refractivity contribution in [1.29, 1.82) is 0 Å². The molecule has 0 N–H and O–H groups in total. The van der Waals surface area contributed by atoms with Gasteiger partial charge >= 0.3 is 0 Å². The van der Waals surface area contributed by atoms with Crippen molar-refractivity contribution in [3.05, 3.63) is 35.6 Å². The van der Waals surface area contributed by atoms with Crippen molar-refractivity contribution < 1.29 is 4.42 Å². The molecule has 0 aliphatic rings. The molecule has 0 fully saturated rings. The minimum Gasteiger partial charge on any atom is -0.472 e. The Morgan fingerprint density at radius 2 is 2.36 bits per heavy atom. The molecule has 5 heteroatoms. The van der Waals surface area contributed by atoms with E-state index in [9.17, 15) is 0 Å². The van der Waals surface area contributed by atoms with Gasteiger partial charge in [0.25, 0.3) is 0 Å². The Balaban J connectivity index is 2.73. The van der Waals surface area contributed by atoms with Gasteiger partial charge < -0.3 is 4.42 Å². The highest BCUT2D eigenvalue weighted by Crippen LogP contribution is 2.18. The second-order valence-corrected chi connectivity index (χ2v) is 3.35. The predicted molar refractivity (Wildman–Crippen MR) is 53.6 cm³/mol. The first kappa shape index (κ1) is 7.64. The summed E-state index contributed by atoms with van der Waals surface area (Å²) < 4.78 is 7.55. The summed E-state index contributed by atoms with van der Waals surface area (Å²) >= 11 is 5.19. The molecule has 0 bridgehead atoms. The van der Waals surface area contributed by atoms with Crippen molar-refractivity contribution in [3.63, 3.8) is 0 Å². The Kier molecular flexibility index (Phi) is 1.43. The topological polar surface area (TPSA) is 43.3 Å². The fourth-order valence-electron chi connectivity index (χ4n) is 1.47. The molecule has 3 aromatic rings. The Morgan fingerprint density at radius 1 is 1.43 bits per heavy atom. The van der Waals surface area contributed by atoms with Gasteiger partial charge in [-0.3, -0.25) is 4.40 Å². The molecule has 0 radical (unpaired) electrons. The number of aromatic nitrogens is 3. The predicted octanol–water partition coefficient (Wildman–Crippen LogP) is 2.20. The number of nitrogens with zero attached hydrogens (tertiary/aromatic N) is 3. The van der Waals surface area contributed by atoms with E-state index >= 15 is 0 Å². The average molecular weight is 203 g/mol. The van der Waals surface area contributed by atoms with Gasteiger partial charge in [0, 0.05) is 0 Å². The van der Waals surface area contributed by atoms with Crippen molar-refractivity contribution >= 4 is 28.6 Å². The van der Waals surface area contributed by atoms with Crippen molar-refractivity contribution in [2.24, 2.45) is 0 Å².